The SMILES string of the molecule is CCNCc1noc(-c2cncn2C)n1. The third-order valence-corrected chi connectivity index (χ3v) is 2.04. The molecule has 0 saturated heterocycles. The van der Waals surface area contributed by atoms with Gasteiger partial charge in [0, 0.05) is 7.05 Å². The highest BCUT2D eigenvalue weighted by molar-refractivity contribution is 5.45. The van der Waals surface area contributed by atoms with Gasteiger partial charge in [0.25, 0.3) is 5.89 Å². The fourth-order valence-corrected chi connectivity index (χ4v) is 1.23. The molecule has 2 heterocycles. The first-order chi connectivity index (χ1) is 7.31. The van der Waals surface area contributed by atoms with E-state index in [1.54, 1.807) is 12.5 Å². The summed E-state index contributed by atoms with van der Waals surface area (Å²) in [7, 11) is 1.89. The van der Waals surface area contributed by atoms with Gasteiger partial charge in [0.1, 0.15) is 5.69 Å². The highest BCUT2D eigenvalue weighted by Gasteiger charge is 2.10. The van der Waals surface area contributed by atoms with Crippen LogP contribution < -0.4 is 5.32 Å². The quantitative estimate of drug-likeness (QED) is 0.794. The van der Waals surface area contributed by atoms with Crippen molar-refractivity contribution in [3.8, 4) is 11.6 Å². The molecule has 80 valence electrons. The Balaban J connectivity index is 2.17. The van der Waals surface area contributed by atoms with Crippen LogP contribution in [0.15, 0.2) is 17.0 Å². The molecule has 0 atom stereocenters. The number of rotatable bonds is 4. The molecule has 2 rings (SSSR count). The van der Waals surface area contributed by atoms with Crippen molar-refractivity contribution in [2.24, 2.45) is 7.05 Å². The lowest BCUT2D eigenvalue weighted by molar-refractivity contribution is 0.417. The van der Waals surface area contributed by atoms with E-state index in [2.05, 4.69) is 20.4 Å². The zero-order valence-corrected chi connectivity index (χ0v) is 8.77. The minimum absolute atomic E-state index is 0.503. The molecular formula is C9H13N5O. The van der Waals surface area contributed by atoms with Gasteiger partial charge in [-0.2, -0.15) is 4.98 Å². The van der Waals surface area contributed by atoms with Crippen molar-refractivity contribution in [2.75, 3.05) is 6.54 Å². The normalized spacial score (nSPS) is 10.8. The molecule has 0 amide bonds. The van der Waals surface area contributed by atoms with Crippen LogP contribution in [0.5, 0.6) is 0 Å². The molecular weight excluding hydrogens is 194 g/mol. The molecule has 0 saturated carbocycles. The van der Waals surface area contributed by atoms with Crippen molar-refractivity contribution >= 4 is 0 Å². The number of aromatic nitrogens is 4. The summed E-state index contributed by atoms with van der Waals surface area (Å²) in [5.41, 5.74) is 0.824. The molecule has 0 radical (unpaired) electrons. The van der Waals surface area contributed by atoms with Gasteiger partial charge in [-0.1, -0.05) is 12.1 Å². The van der Waals surface area contributed by atoms with E-state index in [4.69, 9.17) is 4.52 Å². The lowest BCUT2D eigenvalue weighted by Gasteiger charge is -1.94. The van der Waals surface area contributed by atoms with E-state index < -0.39 is 0 Å². The third-order valence-electron chi connectivity index (χ3n) is 2.04. The van der Waals surface area contributed by atoms with Gasteiger partial charge in [0.15, 0.2) is 5.82 Å². The molecule has 0 bridgehead atoms. The maximum Gasteiger partial charge on any atom is 0.276 e. The maximum atomic E-state index is 5.12. The van der Waals surface area contributed by atoms with E-state index >= 15 is 0 Å². The number of aryl methyl sites for hydroxylation is 1. The maximum absolute atomic E-state index is 5.12. The fourth-order valence-electron chi connectivity index (χ4n) is 1.23. The number of nitrogens with one attached hydrogen (secondary N) is 1. The van der Waals surface area contributed by atoms with Crippen molar-refractivity contribution in [3.05, 3.63) is 18.3 Å². The number of imidazole rings is 1. The smallest absolute Gasteiger partial charge is 0.276 e. The van der Waals surface area contributed by atoms with Crippen LogP contribution in [0.4, 0.5) is 0 Å². The molecule has 6 heteroatoms. The van der Waals surface area contributed by atoms with Crippen LogP contribution in [0.1, 0.15) is 12.7 Å². The van der Waals surface area contributed by atoms with Crippen molar-refractivity contribution in [1.82, 2.24) is 25.0 Å². The van der Waals surface area contributed by atoms with Crippen LogP contribution in [-0.4, -0.2) is 26.2 Å². The van der Waals surface area contributed by atoms with Crippen molar-refractivity contribution in [2.45, 2.75) is 13.5 Å². The molecule has 0 aliphatic heterocycles. The summed E-state index contributed by atoms with van der Waals surface area (Å²) in [6.45, 7) is 3.54. The molecule has 0 spiro atoms. The highest BCUT2D eigenvalue weighted by Crippen LogP contribution is 2.14. The molecule has 0 aliphatic carbocycles. The van der Waals surface area contributed by atoms with Gasteiger partial charge in [-0.25, -0.2) is 4.98 Å². The fraction of sp³-hybridized carbons (Fsp3) is 0.444. The lowest BCUT2D eigenvalue weighted by Crippen LogP contribution is -2.12. The van der Waals surface area contributed by atoms with Gasteiger partial charge in [0.2, 0.25) is 0 Å². The Morgan fingerprint density at radius 3 is 3.07 bits per heavy atom. The lowest BCUT2D eigenvalue weighted by atomic mass is 10.4. The minimum Gasteiger partial charge on any atom is -0.332 e. The Morgan fingerprint density at radius 1 is 1.53 bits per heavy atom. The Kier molecular flexibility index (Phi) is 2.77. The Hall–Kier alpha value is -1.69. The average Bonchev–Trinajstić information content (AvgIpc) is 2.83. The third kappa shape index (κ3) is 2.04. The summed E-state index contributed by atoms with van der Waals surface area (Å²) in [5.74, 6) is 1.16. The molecule has 0 fully saturated rings. The minimum atomic E-state index is 0.503. The van der Waals surface area contributed by atoms with E-state index in [-0.39, 0.29) is 0 Å². The second-order valence-corrected chi connectivity index (χ2v) is 3.19. The molecule has 15 heavy (non-hydrogen) atoms. The van der Waals surface area contributed by atoms with Crippen LogP contribution in [0.25, 0.3) is 11.6 Å². The van der Waals surface area contributed by atoms with E-state index in [1.165, 1.54) is 0 Å². The van der Waals surface area contributed by atoms with E-state index in [0.717, 1.165) is 12.2 Å². The second-order valence-electron chi connectivity index (χ2n) is 3.19. The zero-order chi connectivity index (χ0) is 10.7. The first-order valence-electron chi connectivity index (χ1n) is 4.81. The van der Waals surface area contributed by atoms with Gasteiger partial charge in [-0.15, -0.1) is 0 Å². The van der Waals surface area contributed by atoms with Crippen LogP contribution in [0.2, 0.25) is 0 Å². The van der Waals surface area contributed by atoms with E-state index in [0.29, 0.717) is 18.3 Å². The Bertz CT molecular complexity index is 433. The Morgan fingerprint density at radius 2 is 2.40 bits per heavy atom. The van der Waals surface area contributed by atoms with Crippen molar-refractivity contribution in [1.29, 1.82) is 0 Å². The number of hydrogen-bond donors (Lipinski definition) is 1. The topological polar surface area (TPSA) is 68.8 Å². The van der Waals surface area contributed by atoms with Gasteiger partial charge in [0.05, 0.1) is 19.1 Å². The summed E-state index contributed by atoms with van der Waals surface area (Å²) in [6.07, 6.45) is 3.40. The predicted molar refractivity (Wildman–Crippen MR) is 53.9 cm³/mol. The molecule has 0 unspecified atom stereocenters. The molecule has 2 aromatic rings. The first kappa shape index (κ1) is 9.85. The highest BCUT2D eigenvalue weighted by atomic mass is 16.5. The van der Waals surface area contributed by atoms with Gasteiger partial charge >= 0.3 is 0 Å². The predicted octanol–water partition coefficient (Wildman–Crippen LogP) is 0.580. The monoisotopic (exact) mass is 207 g/mol. The molecule has 1 N–H and O–H groups in total. The van der Waals surface area contributed by atoms with Crippen molar-refractivity contribution in [3.63, 3.8) is 0 Å². The summed E-state index contributed by atoms with van der Waals surface area (Å²) >= 11 is 0. The van der Waals surface area contributed by atoms with Crippen LogP contribution in [0, 0.1) is 0 Å². The summed E-state index contributed by atoms with van der Waals surface area (Å²) in [5, 5.41) is 6.99. The molecule has 0 aromatic carbocycles. The van der Waals surface area contributed by atoms with Crippen LogP contribution in [0.3, 0.4) is 0 Å². The average molecular weight is 207 g/mol. The number of hydrogen-bond acceptors (Lipinski definition) is 5. The first-order valence-corrected chi connectivity index (χ1v) is 4.81. The zero-order valence-electron chi connectivity index (χ0n) is 8.77. The summed E-state index contributed by atoms with van der Waals surface area (Å²) in [6, 6.07) is 0. The Labute approximate surface area is 87.3 Å². The van der Waals surface area contributed by atoms with Gasteiger partial charge in [-0.05, 0) is 6.54 Å². The summed E-state index contributed by atoms with van der Waals surface area (Å²) in [4.78, 5) is 8.24. The summed E-state index contributed by atoms with van der Waals surface area (Å²) < 4.78 is 6.96. The van der Waals surface area contributed by atoms with Crippen LogP contribution in [-0.2, 0) is 13.6 Å². The van der Waals surface area contributed by atoms with Crippen molar-refractivity contribution < 1.29 is 4.52 Å². The molecule has 6 nitrogen and oxygen atoms in total. The van der Waals surface area contributed by atoms with E-state index in [9.17, 15) is 0 Å². The molecule has 2 aromatic heterocycles. The number of nitrogens with zero attached hydrogens (tertiary/aromatic N) is 4. The second kappa shape index (κ2) is 4.22. The van der Waals surface area contributed by atoms with Gasteiger partial charge in [-0.3, -0.25) is 0 Å². The molecule has 0 aliphatic rings. The standard InChI is InChI=1S/C9H13N5O/c1-3-10-5-8-12-9(15-13-8)7-4-11-6-14(7)2/h4,6,10H,3,5H2,1-2H3. The van der Waals surface area contributed by atoms with Crippen LogP contribution >= 0.6 is 0 Å². The van der Waals surface area contributed by atoms with Gasteiger partial charge < -0.3 is 14.4 Å². The largest absolute Gasteiger partial charge is 0.332 e. The van der Waals surface area contributed by atoms with E-state index in [1.807, 2.05) is 18.5 Å².